The van der Waals surface area contributed by atoms with E-state index in [1.165, 1.54) is 16.8 Å². The maximum Gasteiger partial charge on any atom is 0.435 e. The summed E-state index contributed by atoms with van der Waals surface area (Å²) < 4.78 is 49.6. The van der Waals surface area contributed by atoms with E-state index in [2.05, 4.69) is 9.67 Å². The Morgan fingerprint density at radius 3 is 2.09 bits per heavy atom. The summed E-state index contributed by atoms with van der Waals surface area (Å²) in [6.45, 7) is 2.78. The monoisotopic (exact) mass is 716 g/mol. The molecule has 270 valence electrons. The highest BCUT2D eigenvalue weighted by Gasteiger charge is 2.55. The zero-order chi connectivity index (χ0) is 36.1. The van der Waals surface area contributed by atoms with Gasteiger partial charge in [-0.3, -0.25) is 0 Å². The fraction of sp³-hybridized carbons (Fsp3) is 0.310. The first-order valence-corrected chi connectivity index (χ1v) is 18.1. The van der Waals surface area contributed by atoms with Crippen LogP contribution in [0.1, 0.15) is 59.9 Å². The SMILES string of the molecule is O=C(OCc1ccccc1)N1CC2(CC(c3c(C4CCOCC4)n(-c4ccc(F)c(F)c4)c4cc5cnn(C(=O)OCc6ccccc6)c5cc34)C2)C1. The third kappa shape index (κ3) is 6.12. The normalized spacial score (nSPS) is 17.2. The summed E-state index contributed by atoms with van der Waals surface area (Å²) in [5, 5.41) is 6.07. The molecule has 6 aromatic rings. The predicted molar refractivity (Wildman–Crippen MR) is 194 cm³/mol. The predicted octanol–water partition coefficient (Wildman–Crippen LogP) is 8.85. The average Bonchev–Trinajstić information content (AvgIpc) is 3.72. The summed E-state index contributed by atoms with van der Waals surface area (Å²) >= 11 is 0. The standard InChI is InChI=1S/C42H38F2N4O5/c43-34-12-11-32(18-35(34)44)47-37-17-30-22-45-48(41(50)53-24-28-9-5-2-6-10-28)36(30)19-33(37)38(39(47)29-13-15-51-16-14-29)31-20-42(21-31)25-46(26-42)40(49)52-23-27-7-3-1-4-8-27/h1-12,17-19,22,29,31H,13-16,20-21,23-26H2. The van der Waals surface area contributed by atoms with E-state index in [1.54, 1.807) is 17.2 Å². The molecule has 0 radical (unpaired) electrons. The number of halogens is 2. The summed E-state index contributed by atoms with van der Waals surface area (Å²) in [4.78, 5) is 28.1. The number of ether oxygens (including phenoxy) is 3. The number of carbonyl (C=O) groups excluding carboxylic acids is 2. The molecule has 1 amide bonds. The second kappa shape index (κ2) is 13.5. The molecule has 9 nitrogen and oxygen atoms in total. The van der Waals surface area contributed by atoms with Crippen molar-refractivity contribution < 1.29 is 32.6 Å². The lowest BCUT2D eigenvalue weighted by Gasteiger charge is -2.58. The first-order valence-electron chi connectivity index (χ1n) is 18.1. The van der Waals surface area contributed by atoms with E-state index in [9.17, 15) is 18.4 Å². The van der Waals surface area contributed by atoms with Crippen molar-refractivity contribution in [1.29, 1.82) is 0 Å². The van der Waals surface area contributed by atoms with E-state index in [-0.39, 0.29) is 36.6 Å². The van der Waals surface area contributed by atoms with Crippen LogP contribution < -0.4 is 0 Å². The minimum Gasteiger partial charge on any atom is -0.445 e. The van der Waals surface area contributed by atoms with Crippen LogP contribution in [0.2, 0.25) is 0 Å². The number of carbonyl (C=O) groups is 2. The van der Waals surface area contributed by atoms with Crippen LogP contribution in [0.15, 0.2) is 97.2 Å². The van der Waals surface area contributed by atoms with Gasteiger partial charge in [0.15, 0.2) is 11.6 Å². The highest BCUT2D eigenvalue weighted by atomic mass is 19.2. The van der Waals surface area contributed by atoms with Gasteiger partial charge >= 0.3 is 12.2 Å². The molecule has 1 aliphatic carbocycles. The Balaban J connectivity index is 1.08. The summed E-state index contributed by atoms with van der Waals surface area (Å²) in [6, 6.07) is 27.1. The molecule has 11 heteroatoms. The third-order valence-corrected chi connectivity index (χ3v) is 11.2. The van der Waals surface area contributed by atoms with Crippen LogP contribution in [0.5, 0.6) is 0 Å². The Bertz CT molecular complexity index is 2320. The number of fused-ring (bicyclic) bond motifs is 2. The van der Waals surface area contributed by atoms with Crippen molar-refractivity contribution in [1.82, 2.24) is 19.2 Å². The van der Waals surface area contributed by atoms with Gasteiger partial charge < -0.3 is 23.7 Å². The van der Waals surface area contributed by atoms with Crippen LogP contribution in [0.25, 0.3) is 27.5 Å². The number of likely N-dealkylation sites (tertiary alicyclic amines) is 1. The van der Waals surface area contributed by atoms with Crippen LogP contribution >= 0.6 is 0 Å². The van der Waals surface area contributed by atoms with Gasteiger partial charge in [0, 0.05) is 65.9 Å². The van der Waals surface area contributed by atoms with Crippen LogP contribution in [-0.2, 0) is 27.4 Å². The molecule has 53 heavy (non-hydrogen) atoms. The molecule has 2 aliphatic heterocycles. The van der Waals surface area contributed by atoms with E-state index in [0.717, 1.165) is 59.0 Å². The van der Waals surface area contributed by atoms with Crippen LogP contribution in [0.4, 0.5) is 18.4 Å². The molecule has 3 fully saturated rings. The van der Waals surface area contributed by atoms with Crippen molar-refractivity contribution in [2.75, 3.05) is 26.3 Å². The number of hydrogen-bond donors (Lipinski definition) is 0. The van der Waals surface area contributed by atoms with Gasteiger partial charge in [-0.1, -0.05) is 60.7 Å². The van der Waals surface area contributed by atoms with E-state index in [1.807, 2.05) is 72.8 Å². The number of benzene rings is 4. The van der Waals surface area contributed by atoms with Crippen molar-refractivity contribution in [2.24, 2.45) is 5.41 Å². The first-order chi connectivity index (χ1) is 25.9. The Labute approximate surface area is 304 Å². The van der Waals surface area contributed by atoms with E-state index >= 15 is 0 Å². The molecule has 4 aromatic carbocycles. The Morgan fingerprint density at radius 1 is 0.774 bits per heavy atom. The fourth-order valence-corrected chi connectivity index (χ4v) is 8.63. The van der Waals surface area contributed by atoms with Crippen LogP contribution in [-0.4, -0.2) is 57.7 Å². The van der Waals surface area contributed by atoms with Crippen LogP contribution in [0.3, 0.4) is 0 Å². The lowest BCUT2D eigenvalue weighted by Crippen LogP contribution is -2.63. The van der Waals surface area contributed by atoms with Crippen molar-refractivity contribution in [3.8, 4) is 5.69 Å². The summed E-state index contributed by atoms with van der Waals surface area (Å²) in [5.41, 5.74) is 5.95. The molecule has 1 spiro atoms. The summed E-state index contributed by atoms with van der Waals surface area (Å²) in [6.07, 6.45) is 4.02. The van der Waals surface area contributed by atoms with Gasteiger partial charge in [0.1, 0.15) is 13.2 Å². The third-order valence-electron chi connectivity index (χ3n) is 11.2. The maximum atomic E-state index is 14.9. The molecular formula is C42H38F2N4O5. The van der Waals surface area contributed by atoms with E-state index in [0.29, 0.717) is 42.9 Å². The molecular weight excluding hydrogens is 678 g/mol. The minimum atomic E-state index is -0.921. The minimum absolute atomic E-state index is 0.0209. The quantitative estimate of drug-likeness (QED) is 0.164. The summed E-state index contributed by atoms with van der Waals surface area (Å²) in [5.74, 6) is -1.58. The molecule has 0 N–H and O–H groups in total. The molecule has 4 heterocycles. The topological polar surface area (TPSA) is 87.8 Å². The highest BCUT2D eigenvalue weighted by molar-refractivity contribution is 6.01. The summed E-state index contributed by atoms with van der Waals surface area (Å²) in [7, 11) is 0. The number of rotatable bonds is 7. The Kier molecular flexibility index (Phi) is 8.45. The van der Waals surface area contributed by atoms with Gasteiger partial charge in [-0.05, 0) is 72.6 Å². The van der Waals surface area contributed by atoms with Crippen molar-refractivity contribution in [3.05, 3.63) is 131 Å². The smallest absolute Gasteiger partial charge is 0.435 e. The van der Waals surface area contributed by atoms with Gasteiger partial charge in [-0.2, -0.15) is 9.78 Å². The molecule has 0 bridgehead atoms. The second-order valence-electron chi connectivity index (χ2n) is 14.6. The van der Waals surface area contributed by atoms with Gasteiger partial charge in [-0.25, -0.2) is 18.4 Å². The number of nitrogens with zero attached hydrogens (tertiary/aromatic N) is 4. The molecule has 1 saturated carbocycles. The van der Waals surface area contributed by atoms with E-state index < -0.39 is 17.7 Å². The lowest BCUT2D eigenvalue weighted by molar-refractivity contribution is -0.0659. The van der Waals surface area contributed by atoms with Gasteiger partial charge in [-0.15, -0.1) is 0 Å². The highest BCUT2D eigenvalue weighted by Crippen LogP contribution is 2.59. The molecule has 0 unspecified atom stereocenters. The number of amides is 1. The van der Waals surface area contributed by atoms with Gasteiger partial charge in [0.05, 0.1) is 17.2 Å². The molecule has 2 saturated heterocycles. The molecule has 9 rings (SSSR count). The number of hydrogen-bond acceptors (Lipinski definition) is 6. The number of aromatic nitrogens is 3. The van der Waals surface area contributed by atoms with Gasteiger partial charge in [0.25, 0.3) is 0 Å². The fourth-order valence-electron chi connectivity index (χ4n) is 8.63. The van der Waals surface area contributed by atoms with Crippen molar-refractivity contribution in [3.63, 3.8) is 0 Å². The zero-order valence-electron chi connectivity index (χ0n) is 29.0. The largest absolute Gasteiger partial charge is 0.445 e. The van der Waals surface area contributed by atoms with E-state index in [4.69, 9.17) is 14.2 Å². The Hall–Kier alpha value is -5.55. The first kappa shape index (κ1) is 33.3. The molecule has 0 atom stereocenters. The van der Waals surface area contributed by atoms with Crippen molar-refractivity contribution >= 4 is 34.0 Å². The average molecular weight is 717 g/mol. The van der Waals surface area contributed by atoms with Crippen molar-refractivity contribution in [2.45, 2.75) is 50.7 Å². The lowest BCUT2D eigenvalue weighted by atomic mass is 9.55. The molecule has 2 aromatic heterocycles. The van der Waals surface area contributed by atoms with Crippen LogP contribution in [0, 0.1) is 17.0 Å². The maximum absolute atomic E-state index is 14.9. The second-order valence-corrected chi connectivity index (χ2v) is 14.6. The molecule has 3 aliphatic rings. The zero-order valence-corrected chi connectivity index (χ0v) is 29.0. The Morgan fingerprint density at radius 2 is 1.43 bits per heavy atom. The van der Waals surface area contributed by atoms with Gasteiger partial charge in [0.2, 0.25) is 0 Å².